The van der Waals surface area contributed by atoms with Crippen molar-refractivity contribution in [1.29, 1.82) is 0 Å². The first-order valence-electron chi connectivity index (χ1n) is 6.91. The zero-order valence-electron chi connectivity index (χ0n) is 11.5. The van der Waals surface area contributed by atoms with Crippen LogP contribution in [-0.4, -0.2) is 44.1 Å². The second-order valence-electron chi connectivity index (χ2n) is 4.86. The van der Waals surface area contributed by atoms with Crippen molar-refractivity contribution < 1.29 is 9.53 Å². The van der Waals surface area contributed by atoms with E-state index in [-0.39, 0.29) is 5.91 Å². The van der Waals surface area contributed by atoms with E-state index < -0.39 is 0 Å². The zero-order chi connectivity index (χ0) is 13.5. The Morgan fingerprint density at radius 2 is 1.84 bits per heavy atom. The molecular formula is C15H22N2O2. The van der Waals surface area contributed by atoms with Gasteiger partial charge in [-0.15, -0.1) is 0 Å². The fourth-order valence-electron chi connectivity index (χ4n) is 2.31. The van der Waals surface area contributed by atoms with Crippen LogP contribution in [0.4, 0.5) is 0 Å². The Labute approximate surface area is 114 Å². The highest BCUT2D eigenvalue weighted by atomic mass is 16.5. The van der Waals surface area contributed by atoms with Crippen molar-refractivity contribution >= 4 is 5.91 Å². The van der Waals surface area contributed by atoms with Gasteiger partial charge in [-0.1, -0.05) is 12.1 Å². The molecule has 2 rings (SSSR count). The first kappa shape index (κ1) is 13.9. The summed E-state index contributed by atoms with van der Waals surface area (Å²) in [7, 11) is 1.65. The average molecular weight is 262 g/mol. The Morgan fingerprint density at radius 3 is 2.42 bits per heavy atom. The lowest BCUT2D eigenvalue weighted by Gasteiger charge is -2.25. The quantitative estimate of drug-likeness (QED) is 0.896. The molecule has 0 spiro atoms. The molecule has 19 heavy (non-hydrogen) atoms. The van der Waals surface area contributed by atoms with Gasteiger partial charge >= 0.3 is 0 Å². The Kier molecular flexibility index (Phi) is 5.21. The van der Waals surface area contributed by atoms with Gasteiger partial charge in [0.25, 0.3) is 0 Å². The van der Waals surface area contributed by atoms with Crippen LogP contribution in [0.1, 0.15) is 18.4 Å². The van der Waals surface area contributed by atoms with Crippen molar-refractivity contribution in [2.45, 2.75) is 19.3 Å². The van der Waals surface area contributed by atoms with Crippen molar-refractivity contribution in [2.24, 2.45) is 0 Å². The molecule has 104 valence electrons. The summed E-state index contributed by atoms with van der Waals surface area (Å²) in [5.74, 6) is 1.06. The number of nitrogens with one attached hydrogen (secondary N) is 1. The molecule has 1 aliphatic rings. The van der Waals surface area contributed by atoms with Crippen LogP contribution in [0.5, 0.6) is 5.75 Å². The molecule has 0 aliphatic carbocycles. The number of ether oxygens (including phenoxy) is 1. The third kappa shape index (κ3) is 4.24. The molecule has 0 saturated carbocycles. The number of amides is 1. The molecule has 0 unspecified atom stereocenters. The zero-order valence-corrected chi connectivity index (χ0v) is 11.5. The summed E-state index contributed by atoms with van der Waals surface area (Å²) in [4.78, 5) is 14.3. The lowest BCUT2D eigenvalue weighted by molar-refractivity contribution is -0.130. The summed E-state index contributed by atoms with van der Waals surface area (Å²) in [6.45, 7) is 3.74. The third-order valence-electron chi connectivity index (χ3n) is 3.43. The van der Waals surface area contributed by atoms with Gasteiger partial charge in [0, 0.05) is 13.1 Å². The third-order valence-corrected chi connectivity index (χ3v) is 3.43. The smallest absolute Gasteiger partial charge is 0.226 e. The highest BCUT2D eigenvalue weighted by Gasteiger charge is 2.14. The van der Waals surface area contributed by atoms with Crippen molar-refractivity contribution in [2.75, 3.05) is 33.3 Å². The summed E-state index contributed by atoms with van der Waals surface area (Å²) in [6.07, 6.45) is 2.56. The highest BCUT2D eigenvalue weighted by Crippen LogP contribution is 2.12. The normalized spacial score (nSPS) is 16.6. The van der Waals surface area contributed by atoms with E-state index in [1.165, 1.54) is 0 Å². The molecule has 0 bridgehead atoms. The summed E-state index contributed by atoms with van der Waals surface area (Å²) in [5, 5.41) is 3.36. The Bertz CT molecular complexity index is 395. The number of rotatable bonds is 3. The van der Waals surface area contributed by atoms with Gasteiger partial charge < -0.3 is 15.0 Å². The summed E-state index contributed by atoms with van der Waals surface area (Å²) in [6, 6.07) is 7.73. The first-order valence-corrected chi connectivity index (χ1v) is 6.91. The molecule has 1 saturated heterocycles. The van der Waals surface area contributed by atoms with Gasteiger partial charge in [-0.2, -0.15) is 0 Å². The van der Waals surface area contributed by atoms with E-state index in [1.807, 2.05) is 29.2 Å². The molecule has 4 nitrogen and oxygen atoms in total. The number of methoxy groups -OCH3 is 1. The maximum Gasteiger partial charge on any atom is 0.226 e. The van der Waals surface area contributed by atoms with E-state index in [0.717, 1.165) is 50.3 Å². The molecular weight excluding hydrogens is 240 g/mol. The van der Waals surface area contributed by atoms with Crippen LogP contribution in [0, 0.1) is 0 Å². The van der Waals surface area contributed by atoms with Gasteiger partial charge in [0.1, 0.15) is 5.75 Å². The van der Waals surface area contributed by atoms with E-state index in [1.54, 1.807) is 7.11 Å². The number of carbonyl (C=O) groups excluding carboxylic acids is 1. The van der Waals surface area contributed by atoms with Gasteiger partial charge in [0.2, 0.25) is 5.91 Å². The molecule has 1 fully saturated rings. The summed E-state index contributed by atoms with van der Waals surface area (Å²) < 4.78 is 5.12. The van der Waals surface area contributed by atoms with Crippen molar-refractivity contribution in [1.82, 2.24) is 10.2 Å². The topological polar surface area (TPSA) is 41.6 Å². The van der Waals surface area contributed by atoms with Crippen molar-refractivity contribution in [3.05, 3.63) is 29.8 Å². The van der Waals surface area contributed by atoms with E-state index in [9.17, 15) is 4.79 Å². The molecule has 1 aliphatic heterocycles. The number of hydrogen-bond donors (Lipinski definition) is 1. The molecule has 1 amide bonds. The van der Waals surface area contributed by atoms with Crippen molar-refractivity contribution in [3.63, 3.8) is 0 Å². The Balaban J connectivity index is 1.90. The van der Waals surface area contributed by atoms with Gasteiger partial charge in [0.05, 0.1) is 13.5 Å². The van der Waals surface area contributed by atoms with Crippen LogP contribution in [0.2, 0.25) is 0 Å². The standard InChI is InChI=1S/C15H22N2O2/c1-19-14-6-4-13(5-7-14)12-15(18)17-10-2-8-16-9-3-11-17/h4-7,16H,2-3,8-12H2,1H3. The average Bonchev–Trinajstić information content (AvgIpc) is 2.39. The number of carbonyl (C=O) groups is 1. The van der Waals surface area contributed by atoms with Crippen LogP contribution >= 0.6 is 0 Å². The molecule has 1 heterocycles. The lowest BCUT2D eigenvalue weighted by Crippen LogP contribution is -2.38. The van der Waals surface area contributed by atoms with Gasteiger partial charge in [-0.25, -0.2) is 0 Å². The molecule has 1 N–H and O–H groups in total. The van der Waals surface area contributed by atoms with Crippen molar-refractivity contribution in [3.8, 4) is 5.75 Å². The second kappa shape index (κ2) is 7.14. The summed E-state index contributed by atoms with van der Waals surface area (Å²) >= 11 is 0. The number of nitrogens with zero attached hydrogens (tertiary/aromatic N) is 1. The Hall–Kier alpha value is -1.55. The summed E-state index contributed by atoms with van der Waals surface area (Å²) in [5.41, 5.74) is 1.05. The predicted octanol–water partition coefficient (Wildman–Crippen LogP) is 1.45. The predicted molar refractivity (Wildman–Crippen MR) is 75.4 cm³/mol. The van der Waals surface area contributed by atoms with E-state index in [2.05, 4.69) is 5.32 Å². The maximum atomic E-state index is 12.3. The largest absolute Gasteiger partial charge is 0.497 e. The fraction of sp³-hybridized carbons (Fsp3) is 0.533. The molecule has 0 atom stereocenters. The van der Waals surface area contributed by atoms with Gasteiger partial charge in [0.15, 0.2) is 0 Å². The minimum absolute atomic E-state index is 0.229. The van der Waals surface area contributed by atoms with Gasteiger partial charge in [-0.05, 0) is 43.6 Å². The Morgan fingerprint density at radius 1 is 1.21 bits per heavy atom. The molecule has 1 aromatic rings. The van der Waals surface area contributed by atoms with Crippen LogP contribution < -0.4 is 10.1 Å². The van der Waals surface area contributed by atoms with Crippen LogP contribution in [-0.2, 0) is 11.2 Å². The minimum Gasteiger partial charge on any atom is -0.497 e. The first-order chi connectivity index (χ1) is 9.29. The maximum absolute atomic E-state index is 12.3. The van der Waals surface area contributed by atoms with Crippen LogP contribution in [0.25, 0.3) is 0 Å². The number of benzene rings is 1. The number of hydrogen-bond acceptors (Lipinski definition) is 3. The van der Waals surface area contributed by atoms with Gasteiger partial charge in [-0.3, -0.25) is 4.79 Å². The lowest BCUT2D eigenvalue weighted by atomic mass is 10.1. The fourth-order valence-corrected chi connectivity index (χ4v) is 2.31. The SMILES string of the molecule is COc1ccc(CC(=O)N2CCCNCCC2)cc1. The van der Waals surface area contributed by atoms with E-state index in [4.69, 9.17) is 4.74 Å². The molecule has 0 aromatic heterocycles. The second-order valence-corrected chi connectivity index (χ2v) is 4.86. The van der Waals surface area contributed by atoms with E-state index >= 15 is 0 Å². The molecule has 1 aromatic carbocycles. The molecule has 4 heteroatoms. The van der Waals surface area contributed by atoms with Crippen LogP contribution in [0.15, 0.2) is 24.3 Å². The van der Waals surface area contributed by atoms with Crippen LogP contribution in [0.3, 0.4) is 0 Å². The monoisotopic (exact) mass is 262 g/mol. The highest BCUT2D eigenvalue weighted by molar-refractivity contribution is 5.78. The van der Waals surface area contributed by atoms with E-state index in [0.29, 0.717) is 6.42 Å². The molecule has 0 radical (unpaired) electrons. The minimum atomic E-state index is 0.229.